The number of rotatable bonds is 5. The van der Waals surface area contributed by atoms with E-state index in [1.165, 1.54) is 18.4 Å². The summed E-state index contributed by atoms with van der Waals surface area (Å²) in [6.45, 7) is 0. The Morgan fingerprint density at radius 3 is 2.52 bits per heavy atom. The van der Waals surface area contributed by atoms with Crippen LogP contribution in [0.3, 0.4) is 0 Å². The molecule has 0 spiro atoms. The van der Waals surface area contributed by atoms with Crippen molar-refractivity contribution in [2.45, 2.75) is 0 Å². The van der Waals surface area contributed by atoms with Crippen LogP contribution in [-0.2, 0) is 4.74 Å². The summed E-state index contributed by atoms with van der Waals surface area (Å²) in [5, 5.41) is 15.5. The van der Waals surface area contributed by atoms with Crippen LogP contribution in [0.15, 0.2) is 53.9 Å². The van der Waals surface area contributed by atoms with Gasteiger partial charge < -0.3 is 15.4 Å². The summed E-state index contributed by atoms with van der Waals surface area (Å²) >= 11 is 1.35. The Balaban J connectivity index is 1.67. The van der Waals surface area contributed by atoms with E-state index >= 15 is 0 Å². The average molecular weight is 354 g/mol. The first kappa shape index (κ1) is 16.6. The molecule has 1 amide bonds. The van der Waals surface area contributed by atoms with Gasteiger partial charge in [0, 0.05) is 5.69 Å². The number of hydrogen-bond donors (Lipinski definition) is 2. The van der Waals surface area contributed by atoms with E-state index in [0.717, 1.165) is 0 Å². The van der Waals surface area contributed by atoms with Crippen molar-refractivity contribution in [1.29, 1.82) is 0 Å². The fourth-order valence-corrected chi connectivity index (χ4v) is 2.66. The first-order valence-corrected chi connectivity index (χ1v) is 8.17. The van der Waals surface area contributed by atoms with Crippen molar-refractivity contribution >= 4 is 40.5 Å². The lowest BCUT2D eigenvalue weighted by atomic mass is 10.2. The minimum Gasteiger partial charge on any atom is -0.465 e. The largest absolute Gasteiger partial charge is 0.465 e. The number of nitrogens with one attached hydrogen (secondary N) is 2. The predicted molar refractivity (Wildman–Crippen MR) is 95.4 cm³/mol. The number of nitrogens with zero attached hydrogens (tertiary/aromatic N) is 2. The van der Waals surface area contributed by atoms with Crippen molar-refractivity contribution in [3.05, 3.63) is 64.4 Å². The third-order valence-electron chi connectivity index (χ3n) is 3.21. The topological polar surface area (TPSA) is 93.2 Å². The van der Waals surface area contributed by atoms with Gasteiger partial charge in [0.1, 0.15) is 0 Å². The van der Waals surface area contributed by atoms with Crippen molar-refractivity contribution in [3.63, 3.8) is 0 Å². The fourth-order valence-electron chi connectivity index (χ4n) is 2.04. The number of methoxy groups -OCH3 is 1. The van der Waals surface area contributed by atoms with E-state index in [2.05, 4.69) is 20.8 Å². The van der Waals surface area contributed by atoms with Crippen LogP contribution in [0.4, 0.5) is 17.3 Å². The molecular formula is C17H14N4O3S. The molecule has 8 heteroatoms. The van der Waals surface area contributed by atoms with Crippen LogP contribution in [0.5, 0.6) is 0 Å². The molecule has 0 aliphatic carbocycles. The van der Waals surface area contributed by atoms with Gasteiger partial charge in [-0.3, -0.25) is 4.79 Å². The van der Waals surface area contributed by atoms with Gasteiger partial charge in [-0.2, -0.15) is 0 Å². The van der Waals surface area contributed by atoms with Gasteiger partial charge in [0.2, 0.25) is 0 Å². The van der Waals surface area contributed by atoms with Gasteiger partial charge in [0.05, 0.1) is 17.6 Å². The van der Waals surface area contributed by atoms with Crippen LogP contribution in [0, 0.1) is 0 Å². The molecule has 0 fully saturated rings. The van der Waals surface area contributed by atoms with E-state index in [0.29, 0.717) is 27.8 Å². The Labute approximate surface area is 147 Å². The Kier molecular flexibility index (Phi) is 5.00. The normalized spacial score (nSPS) is 10.1. The molecule has 0 atom stereocenters. The molecule has 3 aromatic rings. The molecule has 0 bridgehead atoms. The lowest BCUT2D eigenvalue weighted by Gasteiger charge is -2.07. The smallest absolute Gasteiger partial charge is 0.337 e. The molecule has 0 aliphatic heterocycles. The van der Waals surface area contributed by atoms with Gasteiger partial charge in [0.25, 0.3) is 5.91 Å². The van der Waals surface area contributed by atoms with Crippen LogP contribution in [-0.4, -0.2) is 29.2 Å². The molecule has 2 heterocycles. The van der Waals surface area contributed by atoms with Crippen LogP contribution in [0.1, 0.15) is 20.0 Å². The number of carbonyl (C=O) groups excluding carboxylic acids is 2. The standard InChI is InChI=1S/C17H14N4O3S/c1-24-17(23)11-4-2-5-12(10-11)18-14-7-8-15(21-20-14)19-16(22)13-6-3-9-25-13/h2-10H,1H3,(H,18,20)(H,19,21,22). The summed E-state index contributed by atoms with van der Waals surface area (Å²) in [6.07, 6.45) is 0. The second-order valence-corrected chi connectivity index (χ2v) is 5.88. The lowest BCUT2D eigenvalue weighted by molar-refractivity contribution is 0.0600. The number of carbonyl (C=O) groups is 2. The number of benzene rings is 1. The Morgan fingerprint density at radius 1 is 1.04 bits per heavy atom. The molecule has 2 aromatic heterocycles. The first-order valence-electron chi connectivity index (χ1n) is 7.30. The summed E-state index contributed by atoms with van der Waals surface area (Å²) in [5.74, 6) is 0.195. The Bertz CT molecular complexity index is 879. The number of anilines is 3. The quantitative estimate of drug-likeness (QED) is 0.683. The molecule has 126 valence electrons. The van der Waals surface area contributed by atoms with Crippen molar-refractivity contribution in [3.8, 4) is 0 Å². The SMILES string of the molecule is COC(=O)c1cccc(Nc2ccc(NC(=O)c3cccs3)nn2)c1. The van der Waals surface area contributed by atoms with E-state index in [4.69, 9.17) is 4.74 Å². The molecule has 0 unspecified atom stereocenters. The molecule has 1 aromatic carbocycles. The number of ether oxygens (including phenoxy) is 1. The Morgan fingerprint density at radius 2 is 1.84 bits per heavy atom. The summed E-state index contributed by atoms with van der Waals surface area (Å²) in [7, 11) is 1.33. The maximum atomic E-state index is 12.0. The Hall–Kier alpha value is -3.26. The van der Waals surface area contributed by atoms with Crippen molar-refractivity contribution in [1.82, 2.24) is 10.2 Å². The molecule has 0 radical (unpaired) electrons. The van der Waals surface area contributed by atoms with E-state index in [1.807, 2.05) is 5.38 Å². The van der Waals surface area contributed by atoms with E-state index < -0.39 is 5.97 Å². The highest BCUT2D eigenvalue weighted by Crippen LogP contribution is 2.17. The summed E-state index contributed by atoms with van der Waals surface area (Å²) in [5.41, 5.74) is 1.10. The van der Waals surface area contributed by atoms with Gasteiger partial charge in [-0.1, -0.05) is 12.1 Å². The summed E-state index contributed by atoms with van der Waals surface area (Å²) in [4.78, 5) is 24.1. The predicted octanol–water partition coefficient (Wildman–Crippen LogP) is 3.32. The molecule has 2 N–H and O–H groups in total. The highest BCUT2D eigenvalue weighted by Gasteiger charge is 2.09. The van der Waals surface area contributed by atoms with E-state index in [-0.39, 0.29) is 5.91 Å². The number of thiophene rings is 1. The van der Waals surface area contributed by atoms with Gasteiger partial charge in [-0.05, 0) is 41.8 Å². The molecule has 0 aliphatic rings. The van der Waals surface area contributed by atoms with E-state index in [1.54, 1.807) is 48.5 Å². The van der Waals surface area contributed by atoms with Gasteiger partial charge in [0.15, 0.2) is 11.6 Å². The highest BCUT2D eigenvalue weighted by atomic mass is 32.1. The first-order chi connectivity index (χ1) is 12.2. The molecular weight excluding hydrogens is 340 g/mol. The number of esters is 1. The maximum Gasteiger partial charge on any atom is 0.337 e. The molecule has 0 saturated heterocycles. The van der Waals surface area contributed by atoms with Crippen molar-refractivity contribution in [2.24, 2.45) is 0 Å². The maximum absolute atomic E-state index is 12.0. The third-order valence-corrected chi connectivity index (χ3v) is 4.08. The second kappa shape index (κ2) is 7.54. The van der Waals surface area contributed by atoms with E-state index in [9.17, 15) is 9.59 Å². The highest BCUT2D eigenvalue weighted by molar-refractivity contribution is 7.12. The number of amides is 1. The van der Waals surface area contributed by atoms with Gasteiger partial charge >= 0.3 is 5.97 Å². The van der Waals surface area contributed by atoms with Crippen LogP contribution in [0.25, 0.3) is 0 Å². The molecule has 0 saturated carbocycles. The van der Waals surface area contributed by atoms with Crippen molar-refractivity contribution < 1.29 is 14.3 Å². The minimum atomic E-state index is -0.415. The molecule has 25 heavy (non-hydrogen) atoms. The van der Waals surface area contributed by atoms with Gasteiger partial charge in [-0.15, -0.1) is 21.5 Å². The van der Waals surface area contributed by atoms with Crippen LogP contribution < -0.4 is 10.6 Å². The number of hydrogen-bond acceptors (Lipinski definition) is 7. The van der Waals surface area contributed by atoms with Gasteiger partial charge in [-0.25, -0.2) is 4.79 Å². The molecule has 3 rings (SSSR count). The lowest BCUT2D eigenvalue weighted by Crippen LogP contribution is -2.12. The zero-order chi connectivity index (χ0) is 17.6. The summed E-state index contributed by atoms with van der Waals surface area (Å²) < 4.78 is 4.69. The number of aromatic nitrogens is 2. The van der Waals surface area contributed by atoms with Crippen LogP contribution in [0.2, 0.25) is 0 Å². The second-order valence-electron chi connectivity index (χ2n) is 4.93. The van der Waals surface area contributed by atoms with Crippen molar-refractivity contribution in [2.75, 3.05) is 17.7 Å². The summed E-state index contributed by atoms with van der Waals surface area (Å²) in [6, 6.07) is 13.7. The molecule has 7 nitrogen and oxygen atoms in total. The fraction of sp³-hybridized carbons (Fsp3) is 0.0588. The minimum absolute atomic E-state index is 0.226. The zero-order valence-corrected chi connectivity index (χ0v) is 14.0. The third kappa shape index (κ3) is 4.18. The average Bonchev–Trinajstić information content (AvgIpc) is 3.18. The monoisotopic (exact) mass is 354 g/mol. The van der Waals surface area contributed by atoms with Crippen LogP contribution >= 0.6 is 11.3 Å². The zero-order valence-electron chi connectivity index (χ0n) is 13.2.